The number of carbonyl (C=O) groups is 1. The van der Waals surface area contributed by atoms with Crippen LogP contribution in [0.25, 0.3) is 0 Å². The van der Waals surface area contributed by atoms with Crippen molar-refractivity contribution in [3.8, 4) is 0 Å². The van der Waals surface area contributed by atoms with Crippen molar-refractivity contribution in [3.05, 3.63) is 24.3 Å². The van der Waals surface area contributed by atoms with Crippen molar-refractivity contribution in [2.75, 3.05) is 12.3 Å². The van der Waals surface area contributed by atoms with Crippen LogP contribution < -0.4 is 5.32 Å². The molecule has 0 heterocycles. The fourth-order valence-corrected chi connectivity index (χ4v) is 1.91. The van der Waals surface area contributed by atoms with Gasteiger partial charge in [-0.15, -0.1) is 0 Å². The molecule has 5 heteroatoms. The fourth-order valence-electron chi connectivity index (χ4n) is 0.928. The third kappa shape index (κ3) is 6.26. The predicted molar refractivity (Wildman–Crippen MR) is 70.5 cm³/mol. The second kappa shape index (κ2) is 6.59. The molecule has 1 N–H and O–H groups in total. The number of nitrogens with one attached hydrogen (secondary N) is 1. The maximum atomic E-state index is 11.7. The van der Waals surface area contributed by atoms with Crippen LogP contribution in [0, 0.1) is 0 Å². The van der Waals surface area contributed by atoms with Crippen LogP contribution >= 0.6 is 0 Å². The van der Waals surface area contributed by atoms with Gasteiger partial charge in [-0.2, -0.15) is 0 Å². The lowest BCUT2D eigenvalue weighted by molar-refractivity contribution is -0.116. The molecular weight excluding hydrogens is 238 g/mol. The predicted octanol–water partition coefficient (Wildman–Crippen LogP) is 1.45. The number of hydrogen-bond donors (Lipinski definition) is 1. The topological polar surface area (TPSA) is 63.2 Å². The minimum Gasteiger partial charge on any atom is -0.352 e. The summed E-state index contributed by atoms with van der Waals surface area (Å²) in [5.41, 5.74) is 0. The van der Waals surface area contributed by atoms with Gasteiger partial charge in [-0.05, 0) is 27.7 Å². The fraction of sp³-hybridized carbons (Fsp3) is 0.583. The maximum absolute atomic E-state index is 11.7. The van der Waals surface area contributed by atoms with E-state index < -0.39 is 14.6 Å². The minimum absolute atomic E-state index is 0.0420. The van der Waals surface area contributed by atoms with Crippen molar-refractivity contribution in [1.29, 1.82) is 0 Å². The molecule has 0 fully saturated rings. The van der Waals surface area contributed by atoms with E-state index in [1.807, 2.05) is 6.92 Å². The Morgan fingerprint density at radius 2 is 1.82 bits per heavy atom. The second-order valence-electron chi connectivity index (χ2n) is 4.61. The van der Waals surface area contributed by atoms with Crippen LogP contribution in [0.5, 0.6) is 0 Å². The zero-order valence-electron chi connectivity index (χ0n) is 10.9. The summed E-state index contributed by atoms with van der Waals surface area (Å²) in [6.07, 6.45) is 6.50. The monoisotopic (exact) mass is 259 g/mol. The molecule has 0 radical (unpaired) electrons. The molecule has 0 aromatic carbocycles. The van der Waals surface area contributed by atoms with Crippen molar-refractivity contribution < 1.29 is 13.2 Å². The molecule has 0 bridgehead atoms. The van der Waals surface area contributed by atoms with Crippen LogP contribution in [-0.2, 0) is 14.6 Å². The summed E-state index contributed by atoms with van der Waals surface area (Å²) in [4.78, 5) is 11.2. The van der Waals surface area contributed by atoms with E-state index in [4.69, 9.17) is 0 Å². The highest BCUT2D eigenvalue weighted by atomic mass is 32.2. The lowest BCUT2D eigenvalue weighted by Crippen LogP contribution is -2.36. The van der Waals surface area contributed by atoms with Gasteiger partial charge in [-0.25, -0.2) is 8.42 Å². The Balaban J connectivity index is 4.14. The molecule has 0 spiro atoms. The first-order valence-corrected chi connectivity index (χ1v) is 7.15. The van der Waals surface area contributed by atoms with Crippen LogP contribution in [0.2, 0.25) is 0 Å². The van der Waals surface area contributed by atoms with E-state index in [1.165, 1.54) is 6.08 Å². The van der Waals surface area contributed by atoms with E-state index in [0.29, 0.717) is 0 Å². The maximum Gasteiger partial charge on any atom is 0.244 e. The van der Waals surface area contributed by atoms with Gasteiger partial charge in [0.25, 0.3) is 0 Å². The van der Waals surface area contributed by atoms with Gasteiger partial charge in [-0.3, -0.25) is 4.79 Å². The van der Waals surface area contributed by atoms with Crippen molar-refractivity contribution in [3.63, 3.8) is 0 Å². The molecule has 0 rings (SSSR count). The third-order valence-corrected chi connectivity index (χ3v) is 4.76. The van der Waals surface area contributed by atoms with Crippen molar-refractivity contribution in [1.82, 2.24) is 5.32 Å². The van der Waals surface area contributed by atoms with E-state index in [9.17, 15) is 13.2 Å². The largest absolute Gasteiger partial charge is 0.352 e. The van der Waals surface area contributed by atoms with Crippen LogP contribution in [-0.4, -0.2) is 31.4 Å². The van der Waals surface area contributed by atoms with Crippen LogP contribution in [0.4, 0.5) is 0 Å². The number of amides is 1. The molecule has 0 saturated carbocycles. The summed E-state index contributed by atoms with van der Waals surface area (Å²) >= 11 is 0. The minimum atomic E-state index is -3.17. The third-order valence-electron chi connectivity index (χ3n) is 2.15. The van der Waals surface area contributed by atoms with Crippen LogP contribution in [0.3, 0.4) is 0 Å². The highest BCUT2D eigenvalue weighted by Gasteiger charge is 2.28. The highest BCUT2D eigenvalue weighted by Crippen LogP contribution is 2.15. The molecule has 17 heavy (non-hydrogen) atoms. The number of hydrogen-bond acceptors (Lipinski definition) is 3. The normalized spacial score (nSPS) is 13.4. The standard InChI is InChI=1S/C12H21NO3S/c1-5-6-7-8-11(14)13-9-10-17(15,16)12(2,3)4/h5-8H,9-10H2,1-4H3,(H,13,14). The molecule has 4 nitrogen and oxygen atoms in total. The average Bonchev–Trinajstić information content (AvgIpc) is 2.16. The van der Waals surface area contributed by atoms with E-state index in [0.717, 1.165) is 0 Å². The lowest BCUT2D eigenvalue weighted by Gasteiger charge is -2.18. The Bertz CT molecular complexity index is 400. The summed E-state index contributed by atoms with van der Waals surface area (Å²) in [6, 6.07) is 0. The van der Waals surface area contributed by atoms with E-state index in [-0.39, 0.29) is 18.2 Å². The van der Waals surface area contributed by atoms with Gasteiger partial charge in [0.1, 0.15) is 0 Å². The second-order valence-corrected chi connectivity index (χ2v) is 7.47. The van der Waals surface area contributed by atoms with Gasteiger partial charge >= 0.3 is 0 Å². The molecule has 0 saturated heterocycles. The molecule has 0 aromatic heterocycles. The van der Waals surface area contributed by atoms with Gasteiger partial charge in [0.2, 0.25) is 5.91 Å². The van der Waals surface area contributed by atoms with Crippen LogP contribution in [0.15, 0.2) is 24.3 Å². The number of sulfone groups is 1. The molecule has 0 aliphatic rings. The van der Waals surface area contributed by atoms with Crippen molar-refractivity contribution in [2.24, 2.45) is 0 Å². The van der Waals surface area contributed by atoms with Gasteiger partial charge in [0.15, 0.2) is 9.84 Å². The SMILES string of the molecule is CC=CC=CC(=O)NCCS(=O)(=O)C(C)(C)C. The zero-order chi connectivity index (χ0) is 13.5. The molecule has 0 unspecified atom stereocenters. The first kappa shape index (κ1) is 15.9. The summed E-state index contributed by atoms with van der Waals surface area (Å²) < 4.78 is 22.6. The number of rotatable bonds is 5. The Morgan fingerprint density at radius 1 is 1.24 bits per heavy atom. The van der Waals surface area contributed by atoms with Crippen molar-refractivity contribution in [2.45, 2.75) is 32.4 Å². The average molecular weight is 259 g/mol. The van der Waals surface area contributed by atoms with Gasteiger partial charge in [0.05, 0.1) is 10.5 Å². The highest BCUT2D eigenvalue weighted by molar-refractivity contribution is 7.92. The molecule has 98 valence electrons. The smallest absolute Gasteiger partial charge is 0.244 e. The van der Waals surface area contributed by atoms with Gasteiger partial charge < -0.3 is 5.32 Å². The van der Waals surface area contributed by atoms with Crippen LogP contribution in [0.1, 0.15) is 27.7 Å². The Hall–Kier alpha value is -1.10. The quantitative estimate of drug-likeness (QED) is 0.600. The summed E-state index contributed by atoms with van der Waals surface area (Å²) in [5.74, 6) is -0.327. The molecule has 0 aliphatic carbocycles. The van der Waals surface area contributed by atoms with E-state index in [1.54, 1.807) is 39.0 Å². The Morgan fingerprint density at radius 3 is 2.29 bits per heavy atom. The van der Waals surface area contributed by atoms with E-state index >= 15 is 0 Å². The number of carbonyl (C=O) groups excluding carboxylic acids is 1. The molecule has 0 aliphatic heterocycles. The number of allylic oxidation sites excluding steroid dienone is 3. The molecular formula is C12H21NO3S. The Labute approximate surface area is 104 Å². The molecule has 1 amide bonds. The summed E-state index contributed by atoms with van der Waals surface area (Å²) in [5, 5.41) is 2.53. The zero-order valence-corrected chi connectivity index (χ0v) is 11.7. The Kier molecular flexibility index (Phi) is 6.16. The van der Waals surface area contributed by atoms with Gasteiger partial charge in [0, 0.05) is 12.6 Å². The summed E-state index contributed by atoms with van der Waals surface area (Å²) in [7, 11) is -3.17. The first-order chi connectivity index (χ1) is 7.70. The molecule has 0 atom stereocenters. The molecule has 0 aromatic rings. The first-order valence-electron chi connectivity index (χ1n) is 5.50. The van der Waals surface area contributed by atoms with Gasteiger partial charge in [-0.1, -0.05) is 18.2 Å². The summed E-state index contributed by atoms with van der Waals surface area (Å²) in [6.45, 7) is 6.93. The van der Waals surface area contributed by atoms with E-state index in [2.05, 4.69) is 5.32 Å². The lowest BCUT2D eigenvalue weighted by atomic mass is 10.3. The van der Waals surface area contributed by atoms with Crippen molar-refractivity contribution >= 4 is 15.7 Å².